The van der Waals surface area contributed by atoms with Gasteiger partial charge in [0.15, 0.2) is 11.5 Å². The van der Waals surface area contributed by atoms with Crippen LogP contribution in [0, 0.1) is 5.92 Å². The average Bonchev–Trinajstić information content (AvgIpc) is 2.65. The zero-order chi connectivity index (χ0) is 16.9. The molecule has 0 bridgehead atoms. The smallest absolute Gasteiger partial charge is 0.179 e. The summed E-state index contributed by atoms with van der Waals surface area (Å²) in [6, 6.07) is 4.52. The van der Waals surface area contributed by atoms with E-state index in [-0.39, 0.29) is 24.8 Å². The maximum Gasteiger partial charge on any atom is 0.179 e. The van der Waals surface area contributed by atoms with Gasteiger partial charge < -0.3 is 14.8 Å². The van der Waals surface area contributed by atoms with Gasteiger partial charge in [-0.1, -0.05) is 36.9 Å². The Morgan fingerprint density at radius 1 is 1.04 bits per heavy atom. The van der Waals surface area contributed by atoms with Crippen molar-refractivity contribution in [1.82, 2.24) is 10.2 Å². The molecule has 0 spiro atoms. The fourth-order valence-electron chi connectivity index (χ4n) is 4.29. The molecular weight excluding hydrogens is 395 g/mol. The molecule has 0 unspecified atom stereocenters. The van der Waals surface area contributed by atoms with Gasteiger partial charge in [-0.05, 0) is 30.4 Å². The number of ether oxygens (including phenoxy) is 2. The maximum absolute atomic E-state index is 6.78. The van der Waals surface area contributed by atoms with Crippen LogP contribution in [-0.2, 0) is 0 Å². The minimum Gasteiger partial charge on any atom is -0.493 e. The van der Waals surface area contributed by atoms with Crippen LogP contribution >= 0.6 is 36.4 Å². The number of methoxy groups -OCH3 is 2. The summed E-state index contributed by atoms with van der Waals surface area (Å²) in [4.78, 5) is 2.61. The summed E-state index contributed by atoms with van der Waals surface area (Å²) in [5.41, 5.74) is 1.20. The maximum atomic E-state index is 6.78. The van der Waals surface area contributed by atoms with Gasteiger partial charge >= 0.3 is 0 Å². The molecule has 1 N–H and O–H groups in total. The van der Waals surface area contributed by atoms with Crippen molar-refractivity contribution in [1.29, 1.82) is 0 Å². The monoisotopic (exact) mass is 424 g/mol. The quantitative estimate of drug-likeness (QED) is 0.739. The summed E-state index contributed by atoms with van der Waals surface area (Å²) in [5.74, 6) is 2.04. The van der Waals surface area contributed by atoms with Crippen LogP contribution in [-0.4, -0.2) is 45.3 Å². The van der Waals surface area contributed by atoms with E-state index >= 15 is 0 Å². The molecule has 1 atom stereocenters. The lowest BCUT2D eigenvalue weighted by Gasteiger charge is -2.41. The number of nitrogens with zero attached hydrogens (tertiary/aromatic N) is 1. The lowest BCUT2D eigenvalue weighted by molar-refractivity contribution is 0.103. The van der Waals surface area contributed by atoms with E-state index in [1.807, 2.05) is 6.07 Å². The predicted octanol–water partition coefficient (Wildman–Crippen LogP) is 4.73. The molecule has 0 aromatic heterocycles. The van der Waals surface area contributed by atoms with E-state index in [2.05, 4.69) is 16.3 Å². The number of nitrogens with one attached hydrogen (secondary N) is 1. The Labute approximate surface area is 174 Å². The van der Waals surface area contributed by atoms with E-state index in [1.54, 1.807) is 14.2 Å². The highest BCUT2D eigenvalue weighted by molar-refractivity contribution is 6.33. The Balaban J connectivity index is 0.00000169. The first-order valence-corrected chi connectivity index (χ1v) is 9.49. The van der Waals surface area contributed by atoms with E-state index in [4.69, 9.17) is 21.1 Å². The molecule has 7 heteroatoms. The van der Waals surface area contributed by atoms with Crippen LogP contribution in [0.5, 0.6) is 11.5 Å². The number of piperazine rings is 1. The number of benzene rings is 1. The van der Waals surface area contributed by atoms with Crippen LogP contribution < -0.4 is 14.8 Å². The third-order valence-electron chi connectivity index (χ3n) is 5.47. The molecule has 0 radical (unpaired) electrons. The van der Waals surface area contributed by atoms with Crippen molar-refractivity contribution in [3.63, 3.8) is 0 Å². The first-order valence-electron chi connectivity index (χ1n) is 9.11. The summed E-state index contributed by atoms with van der Waals surface area (Å²) in [6.07, 6.45) is 6.61. The van der Waals surface area contributed by atoms with Crippen molar-refractivity contribution in [2.45, 2.75) is 38.1 Å². The second-order valence-electron chi connectivity index (χ2n) is 6.83. The number of rotatable bonds is 5. The first kappa shape index (κ1) is 23.6. The second kappa shape index (κ2) is 11.5. The van der Waals surface area contributed by atoms with Gasteiger partial charge in [0.1, 0.15) is 0 Å². The third-order valence-corrected chi connectivity index (χ3v) is 5.86. The molecule has 150 valence electrons. The second-order valence-corrected chi connectivity index (χ2v) is 7.21. The molecule has 1 aliphatic carbocycles. The molecule has 2 aliphatic rings. The largest absolute Gasteiger partial charge is 0.493 e. The number of halogens is 3. The van der Waals surface area contributed by atoms with Gasteiger partial charge in [-0.2, -0.15) is 0 Å². The predicted molar refractivity (Wildman–Crippen MR) is 113 cm³/mol. The molecule has 1 saturated heterocycles. The molecule has 1 aromatic carbocycles. The van der Waals surface area contributed by atoms with E-state index < -0.39 is 0 Å². The SMILES string of the molecule is COc1ccc([C@@H](C2CCCCC2)N2CCNCC2)c(Cl)c1OC.Cl.Cl. The van der Waals surface area contributed by atoms with Crippen molar-refractivity contribution in [2.75, 3.05) is 40.4 Å². The van der Waals surface area contributed by atoms with Gasteiger partial charge in [0.25, 0.3) is 0 Å². The Kier molecular flexibility index (Phi) is 10.4. The lowest BCUT2D eigenvalue weighted by atomic mass is 9.80. The molecule has 26 heavy (non-hydrogen) atoms. The topological polar surface area (TPSA) is 33.7 Å². The normalized spacial score (nSPS) is 19.8. The Hall–Kier alpha value is -0.390. The van der Waals surface area contributed by atoms with Gasteiger partial charge in [-0.15, -0.1) is 24.8 Å². The first-order chi connectivity index (χ1) is 11.8. The molecule has 1 aliphatic heterocycles. The van der Waals surface area contributed by atoms with Gasteiger partial charge in [-0.3, -0.25) is 4.90 Å². The minimum atomic E-state index is 0. The van der Waals surface area contributed by atoms with Crippen molar-refractivity contribution in [3.8, 4) is 11.5 Å². The third kappa shape index (κ3) is 5.11. The molecule has 4 nitrogen and oxygen atoms in total. The molecule has 3 rings (SSSR count). The fraction of sp³-hybridized carbons (Fsp3) is 0.684. The number of hydrogen-bond donors (Lipinski definition) is 1. The molecule has 0 amide bonds. The van der Waals surface area contributed by atoms with E-state index in [0.717, 1.165) is 26.2 Å². The van der Waals surface area contributed by atoms with Crippen LogP contribution in [0.25, 0.3) is 0 Å². The summed E-state index contributed by atoms with van der Waals surface area (Å²) in [5, 5.41) is 4.17. The molecular formula is C19H31Cl3N2O2. The molecule has 1 heterocycles. The van der Waals surface area contributed by atoms with Crippen LogP contribution in [0.15, 0.2) is 12.1 Å². The zero-order valence-electron chi connectivity index (χ0n) is 15.6. The highest BCUT2D eigenvalue weighted by Gasteiger charge is 2.33. The van der Waals surface area contributed by atoms with Crippen LogP contribution in [0.3, 0.4) is 0 Å². The average molecular weight is 426 g/mol. The fourth-order valence-corrected chi connectivity index (χ4v) is 4.64. The Bertz CT molecular complexity index is 530. The van der Waals surface area contributed by atoms with Gasteiger partial charge in [-0.25, -0.2) is 0 Å². The van der Waals surface area contributed by atoms with Gasteiger partial charge in [0.2, 0.25) is 0 Å². The highest BCUT2D eigenvalue weighted by atomic mass is 35.5. The van der Waals surface area contributed by atoms with Crippen LogP contribution in [0.2, 0.25) is 5.02 Å². The van der Waals surface area contributed by atoms with Crippen molar-refractivity contribution < 1.29 is 9.47 Å². The molecule has 1 aromatic rings. The highest BCUT2D eigenvalue weighted by Crippen LogP contribution is 2.46. The molecule has 1 saturated carbocycles. The summed E-state index contributed by atoms with van der Waals surface area (Å²) in [6.45, 7) is 4.25. The van der Waals surface area contributed by atoms with E-state index in [9.17, 15) is 0 Å². The summed E-state index contributed by atoms with van der Waals surface area (Å²) >= 11 is 6.78. The number of hydrogen-bond acceptors (Lipinski definition) is 4. The Morgan fingerprint density at radius 3 is 2.27 bits per heavy atom. The van der Waals surface area contributed by atoms with Crippen molar-refractivity contribution >= 4 is 36.4 Å². The van der Waals surface area contributed by atoms with Gasteiger partial charge in [0, 0.05) is 32.2 Å². The van der Waals surface area contributed by atoms with Crippen LogP contribution in [0.1, 0.15) is 43.7 Å². The summed E-state index contributed by atoms with van der Waals surface area (Å²) in [7, 11) is 3.32. The van der Waals surface area contributed by atoms with E-state index in [1.165, 1.54) is 37.7 Å². The summed E-state index contributed by atoms with van der Waals surface area (Å²) < 4.78 is 11.0. The van der Waals surface area contributed by atoms with Gasteiger partial charge in [0.05, 0.1) is 19.2 Å². The van der Waals surface area contributed by atoms with Crippen molar-refractivity contribution in [2.24, 2.45) is 5.92 Å². The minimum absolute atomic E-state index is 0. The molecule has 2 fully saturated rings. The zero-order valence-corrected chi connectivity index (χ0v) is 18.0. The van der Waals surface area contributed by atoms with Crippen molar-refractivity contribution in [3.05, 3.63) is 22.7 Å². The van der Waals surface area contributed by atoms with Crippen LogP contribution in [0.4, 0.5) is 0 Å². The lowest BCUT2D eigenvalue weighted by Crippen LogP contribution is -2.47. The standard InChI is InChI=1S/C19H29ClN2O2.2ClH/c1-23-16-9-8-15(17(20)19(16)24-2)18(14-6-4-3-5-7-14)22-12-10-21-11-13-22;;/h8-9,14,18,21H,3-7,10-13H2,1-2H3;2*1H/t18-;;/m1../s1. The Morgan fingerprint density at radius 2 is 1.69 bits per heavy atom. The van der Waals surface area contributed by atoms with E-state index in [0.29, 0.717) is 28.5 Å².